The number of carbonyl (C=O) groups is 1. The summed E-state index contributed by atoms with van der Waals surface area (Å²) in [6, 6.07) is 11.4. The van der Waals surface area contributed by atoms with Gasteiger partial charge in [0.2, 0.25) is 0 Å². The van der Waals surface area contributed by atoms with E-state index >= 15 is 0 Å². The van der Waals surface area contributed by atoms with Crippen LogP contribution in [0.15, 0.2) is 53.0 Å². The van der Waals surface area contributed by atoms with Crippen LogP contribution in [-0.2, 0) is 4.79 Å². The molecular formula is C21H18BrIN2O2. The first-order valence-corrected chi connectivity index (χ1v) is 9.96. The molecule has 2 rings (SSSR count). The topological polar surface area (TPSA) is 62.1 Å². The van der Waals surface area contributed by atoms with E-state index in [9.17, 15) is 10.1 Å². The molecule has 0 aliphatic carbocycles. The van der Waals surface area contributed by atoms with Crippen LogP contribution in [0.3, 0.4) is 0 Å². The van der Waals surface area contributed by atoms with Crippen molar-refractivity contribution >= 4 is 56.2 Å². The Kier molecular flexibility index (Phi) is 7.63. The van der Waals surface area contributed by atoms with E-state index in [1.54, 1.807) is 12.2 Å². The molecular weight excluding hydrogens is 519 g/mol. The summed E-state index contributed by atoms with van der Waals surface area (Å²) in [5, 5.41) is 12.3. The molecule has 0 aliphatic heterocycles. The Morgan fingerprint density at radius 1 is 1.37 bits per heavy atom. The molecule has 0 saturated heterocycles. The number of benzene rings is 2. The number of carbonyl (C=O) groups excluding carboxylic acids is 1. The third-order valence-electron chi connectivity index (χ3n) is 3.68. The van der Waals surface area contributed by atoms with Crippen LogP contribution >= 0.6 is 38.5 Å². The molecule has 138 valence electrons. The second-order valence-electron chi connectivity index (χ2n) is 5.86. The van der Waals surface area contributed by atoms with Gasteiger partial charge < -0.3 is 10.1 Å². The van der Waals surface area contributed by atoms with Gasteiger partial charge >= 0.3 is 0 Å². The summed E-state index contributed by atoms with van der Waals surface area (Å²) in [6.45, 7) is 7.89. The van der Waals surface area contributed by atoms with Gasteiger partial charge in [-0.2, -0.15) is 5.26 Å². The lowest BCUT2D eigenvalue weighted by molar-refractivity contribution is -0.112. The SMILES string of the molecule is C=CCOc1c(Br)cc(/C=C(\C#N)C(=O)Nc2cc(C)ccc2C)cc1I. The standard InChI is InChI=1S/C21H18BrIN2O2/c1-4-7-27-20-17(22)10-15(11-18(20)23)9-16(12-24)21(26)25-19-8-13(2)5-6-14(19)3/h4-6,8-11H,1,7H2,2-3H3,(H,25,26)/b16-9+. The molecule has 0 fully saturated rings. The number of nitrogens with one attached hydrogen (secondary N) is 1. The predicted octanol–water partition coefficient (Wildman–Crippen LogP) is 5.78. The first-order chi connectivity index (χ1) is 12.8. The Balaban J connectivity index is 2.30. The van der Waals surface area contributed by atoms with E-state index in [0.717, 1.165) is 24.7 Å². The van der Waals surface area contributed by atoms with Crippen molar-refractivity contribution in [2.45, 2.75) is 13.8 Å². The van der Waals surface area contributed by atoms with E-state index in [-0.39, 0.29) is 5.57 Å². The quantitative estimate of drug-likeness (QED) is 0.220. The summed E-state index contributed by atoms with van der Waals surface area (Å²) in [6.07, 6.45) is 3.23. The molecule has 0 aliphatic rings. The Hall–Kier alpha value is -2.11. The lowest BCUT2D eigenvalue weighted by Crippen LogP contribution is -2.14. The number of halogens is 2. The number of anilines is 1. The summed E-state index contributed by atoms with van der Waals surface area (Å²) in [7, 11) is 0. The fourth-order valence-electron chi connectivity index (χ4n) is 2.32. The van der Waals surface area contributed by atoms with Gasteiger partial charge in [0, 0.05) is 5.69 Å². The maximum absolute atomic E-state index is 12.5. The minimum atomic E-state index is -0.440. The van der Waals surface area contributed by atoms with Crippen molar-refractivity contribution in [2.24, 2.45) is 0 Å². The van der Waals surface area contributed by atoms with Crippen LogP contribution in [0.1, 0.15) is 16.7 Å². The fraction of sp³-hybridized carbons (Fsp3) is 0.143. The second-order valence-corrected chi connectivity index (χ2v) is 7.87. The van der Waals surface area contributed by atoms with E-state index in [4.69, 9.17) is 4.74 Å². The minimum absolute atomic E-state index is 0.0263. The van der Waals surface area contributed by atoms with Crippen molar-refractivity contribution < 1.29 is 9.53 Å². The molecule has 0 atom stereocenters. The van der Waals surface area contributed by atoms with E-state index in [2.05, 4.69) is 50.4 Å². The Morgan fingerprint density at radius 2 is 2.11 bits per heavy atom. The van der Waals surface area contributed by atoms with Gasteiger partial charge in [0.25, 0.3) is 5.91 Å². The highest BCUT2D eigenvalue weighted by Crippen LogP contribution is 2.32. The largest absolute Gasteiger partial charge is 0.487 e. The van der Waals surface area contributed by atoms with Gasteiger partial charge in [-0.3, -0.25) is 4.79 Å². The Morgan fingerprint density at radius 3 is 2.74 bits per heavy atom. The number of amides is 1. The van der Waals surface area contributed by atoms with Crippen LogP contribution in [0.2, 0.25) is 0 Å². The predicted molar refractivity (Wildman–Crippen MR) is 121 cm³/mol. The van der Waals surface area contributed by atoms with Gasteiger partial charge in [-0.15, -0.1) is 0 Å². The summed E-state index contributed by atoms with van der Waals surface area (Å²) in [4.78, 5) is 12.5. The number of hydrogen-bond acceptors (Lipinski definition) is 3. The normalized spacial score (nSPS) is 10.9. The minimum Gasteiger partial charge on any atom is -0.487 e. The van der Waals surface area contributed by atoms with Crippen LogP contribution < -0.4 is 10.1 Å². The molecule has 0 radical (unpaired) electrons. The first-order valence-electron chi connectivity index (χ1n) is 8.09. The number of hydrogen-bond donors (Lipinski definition) is 1. The molecule has 4 nitrogen and oxygen atoms in total. The van der Waals surface area contributed by atoms with Crippen LogP contribution in [0.25, 0.3) is 6.08 Å². The highest BCUT2D eigenvalue weighted by atomic mass is 127. The third kappa shape index (κ3) is 5.68. The molecule has 1 amide bonds. The molecule has 2 aromatic rings. The maximum atomic E-state index is 12.5. The number of nitrogens with zero attached hydrogens (tertiary/aromatic N) is 1. The smallest absolute Gasteiger partial charge is 0.266 e. The molecule has 2 aromatic carbocycles. The summed E-state index contributed by atoms with van der Waals surface area (Å²) >= 11 is 5.62. The maximum Gasteiger partial charge on any atom is 0.266 e. The van der Waals surface area contributed by atoms with Crippen LogP contribution in [-0.4, -0.2) is 12.5 Å². The molecule has 27 heavy (non-hydrogen) atoms. The van der Waals surface area contributed by atoms with E-state index in [0.29, 0.717) is 18.0 Å². The van der Waals surface area contributed by atoms with Gasteiger partial charge in [0.15, 0.2) is 0 Å². The van der Waals surface area contributed by atoms with Crippen LogP contribution in [0, 0.1) is 28.7 Å². The van der Waals surface area contributed by atoms with Crippen molar-refractivity contribution in [2.75, 3.05) is 11.9 Å². The average Bonchev–Trinajstić information content (AvgIpc) is 2.62. The zero-order valence-electron chi connectivity index (χ0n) is 15.0. The van der Waals surface area contributed by atoms with Crippen molar-refractivity contribution in [3.63, 3.8) is 0 Å². The molecule has 1 N–H and O–H groups in total. The Labute approximate surface area is 181 Å². The van der Waals surface area contributed by atoms with E-state index in [1.807, 2.05) is 50.2 Å². The zero-order chi connectivity index (χ0) is 20.0. The summed E-state index contributed by atoms with van der Waals surface area (Å²) in [5.41, 5.74) is 3.42. The molecule has 0 bridgehead atoms. The second kappa shape index (κ2) is 9.72. The number of nitriles is 1. The summed E-state index contributed by atoms with van der Waals surface area (Å²) in [5.74, 6) is 0.260. The van der Waals surface area contributed by atoms with Gasteiger partial charge in [-0.25, -0.2) is 0 Å². The number of aryl methyl sites for hydroxylation is 2. The van der Waals surface area contributed by atoms with Crippen molar-refractivity contribution in [1.82, 2.24) is 0 Å². The number of rotatable bonds is 6. The molecule has 6 heteroatoms. The fourth-order valence-corrected chi connectivity index (χ4v) is 4.09. The molecule has 0 spiro atoms. The average molecular weight is 537 g/mol. The van der Waals surface area contributed by atoms with Crippen molar-refractivity contribution in [3.8, 4) is 11.8 Å². The Bertz CT molecular complexity index is 938. The van der Waals surface area contributed by atoms with Crippen molar-refractivity contribution in [1.29, 1.82) is 5.26 Å². The van der Waals surface area contributed by atoms with Gasteiger partial charge in [-0.1, -0.05) is 24.8 Å². The molecule has 0 saturated carbocycles. The third-order valence-corrected chi connectivity index (χ3v) is 5.07. The summed E-state index contributed by atoms with van der Waals surface area (Å²) < 4.78 is 7.22. The van der Waals surface area contributed by atoms with Gasteiger partial charge in [-0.05, 0) is 93.3 Å². The van der Waals surface area contributed by atoms with Gasteiger partial charge in [0.1, 0.15) is 24.0 Å². The highest BCUT2D eigenvalue weighted by Gasteiger charge is 2.13. The monoisotopic (exact) mass is 536 g/mol. The van der Waals surface area contributed by atoms with Crippen molar-refractivity contribution in [3.05, 3.63) is 73.3 Å². The molecule has 0 heterocycles. The highest BCUT2D eigenvalue weighted by molar-refractivity contribution is 14.1. The lowest BCUT2D eigenvalue weighted by Gasteiger charge is -2.11. The lowest BCUT2D eigenvalue weighted by atomic mass is 10.1. The first kappa shape index (κ1) is 21.2. The zero-order valence-corrected chi connectivity index (χ0v) is 18.7. The molecule has 0 unspecified atom stereocenters. The van der Waals surface area contributed by atoms with Gasteiger partial charge in [0.05, 0.1) is 8.04 Å². The van der Waals surface area contributed by atoms with E-state index < -0.39 is 5.91 Å². The van der Waals surface area contributed by atoms with Crippen LogP contribution in [0.4, 0.5) is 5.69 Å². The molecule has 0 aromatic heterocycles. The van der Waals surface area contributed by atoms with Crippen LogP contribution in [0.5, 0.6) is 5.75 Å². The van der Waals surface area contributed by atoms with E-state index in [1.165, 1.54) is 0 Å². The number of ether oxygens (including phenoxy) is 1.